The van der Waals surface area contributed by atoms with Gasteiger partial charge in [0.2, 0.25) is 0 Å². The highest BCUT2D eigenvalue weighted by atomic mass is 15.3. The number of rotatable bonds is 2. The van der Waals surface area contributed by atoms with Gasteiger partial charge in [0.15, 0.2) is 5.96 Å². The average Bonchev–Trinajstić information content (AvgIpc) is 1.87. The molecule has 0 heterocycles. The maximum atomic E-state index is 5.33. The molecule has 2 N–H and O–H groups in total. The summed E-state index contributed by atoms with van der Waals surface area (Å²) in [5, 5.41) is 0. The molecular formula is C7H18N4. The molecular weight excluding hydrogens is 140 g/mol. The average molecular weight is 158 g/mol. The fourth-order valence-corrected chi connectivity index (χ4v) is 0.847. The molecule has 0 fully saturated rings. The van der Waals surface area contributed by atoms with E-state index in [9.17, 15) is 0 Å². The zero-order chi connectivity index (χ0) is 8.85. The number of hydrogen-bond donors (Lipinski definition) is 1. The Balaban J connectivity index is 4.09. The summed E-state index contributed by atoms with van der Waals surface area (Å²) in [5.41, 5.74) is 5.33. The van der Waals surface area contributed by atoms with Crippen molar-refractivity contribution in [2.75, 3.05) is 41.3 Å². The smallest absolute Gasteiger partial charge is 0.195 e. The van der Waals surface area contributed by atoms with Crippen LogP contribution in [0.5, 0.6) is 0 Å². The van der Waals surface area contributed by atoms with Gasteiger partial charge in [-0.15, -0.1) is 0 Å². The van der Waals surface area contributed by atoms with Crippen LogP contribution in [0.25, 0.3) is 0 Å². The third kappa shape index (κ3) is 3.83. The normalized spacial score (nSPS) is 9.18. The molecule has 0 atom stereocenters. The van der Waals surface area contributed by atoms with E-state index in [0.29, 0.717) is 13.1 Å². The summed E-state index contributed by atoms with van der Waals surface area (Å²) < 4.78 is 0. The fraction of sp³-hybridized carbons (Fsp3) is 0.857. The molecule has 0 aromatic rings. The Bertz CT molecular complexity index is 118. The maximum Gasteiger partial charge on any atom is 0.195 e. The summed E-state index contributed by atoms with van der Waals surface area (Å²) in [6.07, 6.45) is 0. The van der Waals surface area contributed by atoms with Crippen LogP contribution in [0.15, 0.2) is 4.99 Å². The topological polar surface area (TPSA) is 44.9 Å². The van der Waals surface area contributed by atoms with Crippen molar-refractivity contribution in [1.82, 2.24) is 9.80 Å². The highest BCUT2D eigenvalue weighted by Crippen LogP contribution is 1.87. The molecule has 0 bridgehead atoms. The molecule has 66 valence electrons. The van der Waals surface area contributed by atoms with Crippen molar-refractivity contribution >= 4 is 5.96 Å². The van der Waals surface area contributed by atoms with Gasteiger partial charge in [0.25, 0.3) is 0 Å². The van der Waals surface area contributed by atoms with E-state index in [-0.39, 0.29) is 0 Å². The fourth-order valence-electron chi connectivity index (χ4n) is 0.847. The van der Waals surface area contributed by atoms with Crippen LogP contribution in [0, 0.1) is 0 Å². The lowest BCUT2D eigenvalue weighted by atomic mass is 10.6. The van der Waals surface area contributed by atoms with E-state index in [4.69, 9.17) is 5.73 Å². The lowest BCUT2D eigenvalue weighted by Gasteiger charge is -2.22. The molecule has 0 saturated carbocycles. The molecule has 0 rings (SSSR count). The Morgan fingerprint density at radius 1 is 1.18 bits per heavy atom. The minimum absolute atomic E-state index is 0.602. The zero-order valence-electron chi connectivity index (χ0n) is 7.83. The first kappa shape index (κ1) is 10.2. The zero-order valence-corrected chi connectivity index (χ0v) is 7.83. The first-order valence-electron chi connectivity index (χ1n) is 3.68. The van der Waals surface area contributed by atoms with Crippen LogP contribution in [0.3, 0.4) is 0 Å². The first-order chi connectivity index (χ1) is 5.09. The quantitative estimate of drug-likeness (QED) is 0.432. The van der Waals surface area contributed by atoms with Gasteiger partial charge in [0.1, 0.15) is 0 Å². The van der Waals surface area contributed by atoms with Crippen LogP contribution in [0.4, 0.5) is 0 Å². The van der Waals surface area contributed by atoms with Crippen LogP contribution in [0.1, 0.15) is 0 Å². The monoisotopic (exact) mass is 158 g/mol. The van der Waals surface area contributed by atoms with Crippen LogP contribution in [-0.2, 0) is 0 Å². The van der Waals surface area contributed by atoms with Gasteiger partial charge in [0.05, 0.1) is 6.54 Å². The molecule has 0 unspecified atom stereocenters. The van der Waals surface area contributed by atoms with Gasteiger partial charge >= 0.3 is 0 Å². The molecule has 0 spiro atoms. The van der Waals surface area contributed by atoms with E-state index >= 15 is 0 Å². The van der Waals surface area contributed by atoms with Crippen LogP contribution in [0.2, 0.25) is 0 Å². The summed E-state index contributed by atoms with van der Waals surface area (Å²) in [4.78, 5) is 8.22. The molecule has 4 heteroatoms. The van der Waals surface area contributed by atoms with Crippen molar-refractivity contribution in [2.24, 2.45) is 10.7 Å². The lowest BCUT2D eigenvalue weighted by molar-refractivity contribution is 0.480. The maximum absolute atomic E-state index is 5.33. The Hall–Kier alpha value is -0.770. The van der Waals surface area contributed by atoms with Crippen molar-refractivity contribution in [1.29, 1.82) is 0 Å². The predicted octanol–water partition coefficient (Wildman–Crippen LogP) is -0.576. The molecule has 11 heavy (non-hydrogen) atoms. The second-order valence-electron chi connectivity index (χ2n) is 2.76. The third-order valence-electron chi connectivity index (χ3n) is 1.18. The van der Waals surface area contributed by atoms with E-state index < -0.39 is 0 Å². The summed E-state index contributed by atoms with van der Waals surface area (Å²) in [7, 11) is 7.87. The predicted molar refractivity (Wildman–Crippen MR) is 48.7 cm³/mol. The summed E-state index contributed by atoms with van der Waals surface area (Å²) in [6.45, 7) is 1.29. The highest BCUT2D eigenvalue weighted by Gasteiger charge is 2.01. The van der Waals surface area contributed by atoms with E-state index in [1.165, 1.54) is 0 Å². The Labute approximate surface area is 68.7 Å². The minimum Gasteiger partial charge on any atom is -0.349 e. The van der Waals surface area contributed by atoms with Crippen molar-refractivity contribution in [3.63, 3.8) is 0 Å². The van der Waals surface area contributed by atoms with Crippen LogP contribution >= 0.6 is 0 Å². The molecule has 4 nitrogen and oxygen atoms in total. The SMILES string of the molecule is CN(C)C(=NCCN)N(C)C. The largest absolute Gasteiger partial charge is 0.349 e. The van der Waals surface area contributed by atoms with Crippen molar-refractivity contribution < 1.29 is 0 Å². The first-order valence-corrected chi connectivity index (χ1v) is 3.68. The van der Waals surface area contributed by atoms with Gasteiger partial charge in [0, 0.05) is 34.7 Å². The number of guanidine groups is 1. The third-order valence-corrected chi connectivity index (χ3v) is 1.18. The van der Waals surface area contributed by atoms with E-state index in [0.717, 1.165) is 5.96 Å². The lowest BCUT2D eigenvalue weighted by Crippen LogP contribution is -2.35. The second-order valence-corrected chi connectivity index (χ2v) is 2.76. The summed E-state index contributed by atoms with van der Waals surface area (Å²) >= 11 is 0. The molecule has 0 radical (unpaired) electrons. The summed E-state index contributed by atoms with van der Waals surface area (Å²) in [5.74, 6) is 0.954. The molecule has 0 aromatic heterocycles. The van der Waals surface area contributed by atoms with Crippen molar-refractivity contribution in [3.8, 4) is 0 Å². The number of nitrogens with zero attached hydrogens (tertiary/aromatic N) is 3. The van der Waals surface area contributed by atoms with Gasteiger partial charge in [-0.05, 0) is 0 Å². The van der Waals surface area contributed by atoms with E-state index in [2.05, 4.69) is 4.99 Å². The molecule has 0 aliphatic heterocycles. The molecule has 0 aliphatic rings. The van der Waals surface area contributed by atoms with Crippen LogP contribution in [-0.4, -0.2) is 57.0 Å². The number of nitrogens with two attached hydrogens (primary N) is 1. The Kier molecular flexibility index (Phi) is 4.61. The highest BCUT2D eigenvalue weighted by molar-refractivity contribution is 5.79. The number of aliphatic imine (C=N–C) groups is 1. The van der Waals surface area contributed by atoms with E-state index in [1.807, 2.05) is 38.0 Å². The van der Waals surface area contributed by atoms with Crippen molar-refractivity contribution in [2.45, 2.75) is 0 Å². The van der Waals surface area contributed by atoms with Crippen LogP contribution < -0.4 is 5.73 Å². The standard InChI is InChI=1S/C7H18N4/c1-10(2)7(11(3)4)9-6-5-8/h5-6,8H2,1-4H3. The summed E-state index contributed by atoms with van der Waals surface area (Å²) in [6, 6.07) is 0. The Morgan fingerprint density at radius 2 is 1.64 bits per heavy atom. The minimum atomic E-state index is 0.602. The Morgan fingerprint density at radius 3 is 1.91 bits per heavy atom. The van der Waals surface area contributed by atoms with E-state index in [1.54, 1.807) is 0 Å². The van der Waals surface area contributed by atoms with Crippen molar-refractivity contribution in [3.05, 3.63) is 0 Å². The van der Waals surface area contributed by atoms with Gasteiger partial charge in [-0.2, -0.15) is 0 Å². The van der Waals surface area contributed by atoms with Gasteiger partial charge < -0.3 is 15.5 Å². The van der Waals surface area contributed by atoms with Gasteiger partial charge in [-0.25, -0.2) is 0 Å². The van der Waals surface area contributed by atoms with Gasteiger partial charge in [-0.3, -0.25) is 4.99 Å². The second kappa shape index (κ2) is 4.96. The molecule has 0 amide bonds. The van der Waals surface area contributed by atoms with Gasteiger partial charge in [-0.1, -0.05) is 0 Å². The number of hydrogen-bond acceptors (Lipinski definition) is 2. The molecule has 0 aliphatic carbocycles. The molecule has 0 aromatic carbocycles. The molecule has 0 saturated heterocycles.